The van der Waals surface area contributed by atoms with E-state index in [1.165, 1.54) is 12.1 Å². The van der Waals surface area contributed by atoms with Gasteiger partial charge in [0.05, 0.1) is 0 Å². The Balaban J connectivity index is 2.07. The van der Waals surface area contributed by atoms with Crippen LogP contribution in [0.25, 0.3) is 0 Å². The molecule has 1 aliphatic rings. The van der Waals surface area contributed by atoms with Crippen molar-refractivity contribution in [3.8, 4) is 5.75 Å². The van der Waals surface area contributed by atoms with Crippen LogP contribution in [0.15, 0.2) is 24.3 Å². The maximum Gasteiger partial charge on any atom is 0.573 e. The summed E-state index contributed by atoms with van der Waals surface area (Å²) in [5.41, 5.74) is 6.80. The van der Waals surface area contributed by atoms with Crippen LogP contribution in [0.4, 0.5) is 13.2 Å². The van der Waals surface area contributed by atoms with Crippen LogP contribution in [0, 0.1) is 0 Å². The molecule has 2 rings (SSSR count). The van der Waals surface area contributed by atoms with Gasteiger partial charge >= 0.3 is 6.36 Å². The maximum absolute atomic E-state index is 12.1. The molecular weight excluding hydrogens is 301 g/mol. The van der Waals surface area contributed by atoms with Gasteiger partial charge in [0, 0.05) is 24.9 Å². The molecule has 0 bridgehead atoms. The first-order valence-corrected chi connectivity index (χ1v) is 8.02. The molecule has 0 aromatic heterocycles. The van der Waals surface area contributed by atoms with Crippen LogP contribution in [-0.4, -0.2) is 42.4 Å². The zero-order valence-corrected chi connectivity index (χ0v) is 12.4. The molecule has 0 spiro atoms. The van der Waals surface area contributed by atoms with E-state index in [4.69, 9.17) is 5.73 Å². The van der Waals surface area contributed by atoms with E-state index in [-0.39, 0.29) is 11.8 Å². The predicted octanol–water partition coefficient (Wildman–Crippen LogP) is 3.02. The summed E-state index contributed by atoms with van der Waals surface area (Å²) in [6.07, 6.45) is -3.55. The Hall–Kier alpha value is -0.920. The first-order valence-electron chi connectivity index (χ1n) is 6.87. The number of hydrogen-bond donors (Lipinski definition) is 1. The van der Waals surface area contributed by atoms with Crippen molar-refractivity contribution in [2.24, 2.45) is 5.73 Å². The van der Waals surface area contributed by atoms with Gasteiger partial charge in [-0.15, -0.1) is 13.2 Å². The molecule has 1 aromatic rings. The minimum Gasteiger partial charge on any atom is -0.406 e. The molecule has 0 radical (unpaired) electrons. The number of alkyl halides is 3. The van der Waals surface area contributed by atoms with Crippen molar-refractivity contribution < 1.29 is 17.9 Å². The van der Waals surface area contributed by atoms with E-state index in [0.29, 0.717) is 6.54 Å². The largest absolute Gasteiger partial charge is 0.573 e. The summed E-state index contributed by atoms with van der Waals surface area (Å²) in [4.78, 5) is 2.31. The molecule has 0 amide bonds. The fraction of sp³-hybridized carbons (Fsp3) is 0.571. The number of halogens is 3. The zero-order chi connectivity index (χ0) is 15.3. The van der Waals surface area contributed by atoms with E-state index in [9.17, 15) is 13.2 Å². The van der Waals surface area contributed by atoms with Gasteiger partial charge in [-0.1, -0.05) is 12.1 Å². The maximum atomic E-state index is 12.1. The predicted molar refractivity (Wildman–Crippen MR) is 78.4 cm³/mol. The molecule has 0 aliphatic carbocycles. The number of nitrogens with two attached hydrogens (primary N) is 1. The Labute approximate surface area is 126 Å². The Morgan fingerprint density at radius 1 is 1.19 bits per heavy atom. The molecule has 7 heteroatoms. The van der Waals surface area contributed by atoms with Gasteiger partial charge < -0.3 is 10.5 Å². The third-order valence-electron chi connectivity index (χ3n) is 3.42. The summed E-state index contributed by atoms with van der Waals surface area (Å²) in [5.74, 6) is 2.01. The zero-order valence-electron chi connectivity index (χ0n) is 11.6. The highest BCUT2D eigenvalue weighted by atomic mass is 32.2. The van der Waals surface area contributed by atoms with Crippen LogP contribution in [-0.2, 0) is 0 Å². The smallest absolute Gasteiger partial charge is 0.406 e. The van der Waals surface area contributed by atoms with Crippen LogP contribution >= 0.6 is 11.8 Å². The summed E-state index contributed by atoms with van der Waals surface area (Å²) >= 11 is 1.92. The SMILES string of the molecule is NCC(c1ccc(OC(F)(F)F)cc1)N1CCCSCC1. The normalized spacial score (nSPS) is 19.0. The minimum atomic E-state index is -4.66. The number of nitrogens with zero attached hydrogens (tertiary/aromatic N) is 1. The molecule has 1 fully saturated rings. The van der Waals surface area contributed by atoms with E-state index < -0.39 is 6.36 Å². The highest BCUT2D eigenvalue weighted by molar-refractivity contribution is 7.99. The van der Waals surface area contributed by atoms with Gasteiger partial charge in [-0.3, -0.25) is 4.90 Å². The second kappa shape index (κ2) is 7.38. The average Bonchev–Trinajstić information content (AvgIpc) is 2.69. The number of hydrogen-bond acceptors (Lipinski definition) is 4. The Morgan fingerprint density at radius 3 is 2.52 bits per heavy atom. The Kier molecular flexibility index (Phi) is 5.78. The highest BCUT2D eigenvalue weighted by Gasteiger charge is 2.31. The van der Waals surface area contributed by atoms with Crippen molar-refractivity contribution >= 4 is 11.8 Å². The van der Waals surface area contributed by atoms with Gasteiger partial charge in [0.1, 0.15) is 5.75 Å². The van der Waals surface area contributed by atoms with Crippen molar-refractivity contribution in [2.45, 2.75) is 18.8 Å². The lowest BCUT2D eigenvalue weighted by atomic mass is 10.0. The van der Waals surface area contributed by atoms with Gasteiger partial charge in [-0.2, -0.15) is 11.8 Å². The molecule has 1 atom stereocenters. The van der Waals surface area contributed by atoms with Crippen LogP contribution in [0.5, 0.6) is 5.75 Å². The molecular formula is C14H19F3N2OS. The Morgan fingerprint density at radius 2 is 1.90 bits per heavy atom. The van der Waals surface area contributed by atoms with Crippen molar-refractivity contribution in [1.29, 1.82) is 0 Å². The minimum absolute atomic E-state index is 0.0450. The van der Waals surface area contributed by atoms with Crippen molar-refractivity contribution in [2.75, 3.05) is 31.1 Å². The van der Waals surface area contributed by atoms with Crippen molar-refractivity contribution in [1.82, 2.24) is 4.90 Å². The van der Waals surface area contributed by atoms with Gasteiger partial charge in [0.25, 0.3) is 0 Å². The molecule has 1 heterocycles. The van der Waals surface area contributed by atoms with Gasteiger partial charge in [0.2, 0.25) is 0 Å². The summed E-state index contributed by atoms with van der Waals surface area (Å²) in [5, 5.41) is 0. The monoisotopic (exact) mass is 320 g/mol. The molecule has 2 N–H and O–H groups in total. The molecule has 1 unspecified atom stereocenters. The lowest BCUT2D eigenvalue weighted by molar-refractivity contribution is -0.274. The molecule has 0 saturated carbocycles. The standard InChI is InChI=1S/C14H19F3N2OS/c15-14(16,17)20-12-4-2-11(3-5-12)13(10-18)19-6-1-8-21-9-7-19/h2-5,13H,1,6-10,18H2. The second-order valence-corrected chi connectivity index (χ2v) is 6.09. The third kappa shape index (κ3) is 5.09. The lowest BCUT2D eigenvalue weighted by Crippen LogP contribution is -2.35. The molecule has 118 valence electrons. The number of benzene rings is 1. The fourth-order valence-electron chi connectivity index (χ4n) is 2.46. The van der Waals surface area contributed by atoms with Crippen LogP contribution in [0.1, 0.15) is 18.0 Å². The summed E-state index contributed by atoms with van der Waals surface area (Å²) < 4.78 is 40.3. The summed E-state index contributed by atoms with van der Waals surface area (Å²) in [7, 11) is 0. The molecule has 1 aliphatic heterocycles. The third-order valence-corrected chi connectivity index (χ3v) is 4.47. The molecule has 3 nitrogen and oxygen atoms in total. The van der Waals surface area contributed by atoms with E-state index >= 15 is 0 Å². The first-order chi connectivity index (χ1) is 9.99. The topological polar surface area (TPSA) is 38.5 Å². The number of ether oxygens (including phenoxy) is 1. The van der Waals surface area contributed by atoms with Crippen molar-refractivity contribution in [3.05, 3.63) is 29.8 Å². The number of rotatable bonds is 4. The molecule has 1 aromatic carbocycles. The highest BCUT2D eigenvalue weighted by Crippen LogP contribution is 2.27. The van der Waals surface area contributed by atoms with Gasteiger partial charge in [0.15, 0.2) is 0 Å². The second-order valence-electron chi connectivity index (χ2n) is 4.87. The van der Waals surface area contributed by atoms with Crippen LogP contribution in [0.3, 0.4) is 0 Å². The van der Waals surface area contributed by atoms with E-state index in [1.54, 1.807) is 12.1 Å². The van der Waals surface area contributed by atoms with Gasteiger partial charge in [-0.25, -0.2) is 0 Å². The first kappa shape index (κ1) is 16.5. The van der Waals surface area contributed by atoms with E-state index in [2.05, 4.69) is 9.64 Å². The van der Waals surface area contributed by atoms with E-state index in [0.717, 1.165) is 36.6 Å². The fourth-order valence-corrected chi connectivity index (χ4v) is 3.37. The lowest BCUT2D eigenvalue weighted by Gasteiger charge is -2.29. The van der Waals surface area contributed by atoms with Crippen molar-refractivity contribution in [3.63, 3.8) is 0 Å². The summed E-state index contributed by atoms with van der Waals surface area (Å²) in [6, 6.07) is 6.06. The average molecular weight is 320 g/mol. The van der Waals surface area contributed by atoms with E-state index in [1.807, 2.05) is 11.8 Å². The number of thioether (sulfide) groups is 1. The van der Waals surface area contributed by atoms with Gasteiger partial charge in [-0.05, 0) is 36.4 Å². The molecule has 1 saturated heterocycles. The Bertz CT molecular complexity index is 431. The quantitative estimate of drug-likeness (QED) is 0.925. The molecule has 21 heavy (non-hydrogen) atoms. The van der Waals surface area contributed by atoms with Crippen LogP contribution < -0.4 is 10.5 Å². The van der Waals surface area contributed by atoms with Crippen LogP contribution in [0.2, 0.25) is 0 Å². The summed E-state index contributed by atoms with van der Waals surface area (Å²) in [6.45, 7) is 2.37.